The Morgan fingerprint density at radius 3 is 2.00 bits per heavy atom. The van der Waals surface area contributed by atoms with E-state index in [1.807, 2.05) is 62.5 Å². The van der Waals surface area contributed by atoms with E-state index in [2.05, 4.69) is 45.9 Å². The third-order valence-corrected chi connectivity index (χ3v) is 5.08. The van der Waals surface area contributed by atoms with Crippen LogP contribution in [0.3, 0.4) is 0 Å². The number of ether oxygens (including phenoxy) is 2. The highest BCUT2D eigenvalue weighted by molar-refractivity contribution is 5.53. The van der Waals surface area contributed by atoms with Crippen molar-refractivity contribution in [2.75, 3.05) is 58.5 Å². The van der Waals surface area contributed by atoms with Gasteiger partial charge in [-0.05, 0) is 37.0 Å². The second-order valence-corrected chi connectivity index (χ2v) is 6.77. The lowest BCUT2D eigenvalue weighted by atomic mass is 9.82. The highest BCUT2D eigenvalue weighted by Gasteiger charge is 2.31. The number of hydrogen-bond acceptors (Lipinski definition) is 4. The van der Waals surface area contributed by atoms with E-state index in [0.29, 0.717) is 12.7 Å². The Hall–Kier alpha value is -1.54. The van der Waals surface area contributed by atoms with Gasteiger partial charge in [0.1, 0.15) is 6.61 Å². The zero-order valence-electron chi connectivity index (χ0n) is 22.8. The summed E-state index contributed by atoms with van der Waals surface area (Å²) in [6.07, 6.45) is 2.98. The van der Waals surface area contributed by atoms with Crippen molar-refractivity contribution in [3.63, 3.8) is 0 Å². The van der Waals surface area contributed by atoms with Crippen molar-refractivity contribution in [3.05, 3.63) is 29.8 Å². The zero-order chi connectivity index (χ0) is 24.8. The average molecular weight is 449 g/mol. The molecular formula is C28H52N2O2. The van der Waals surface area contributed by atoms with Crippen LogP contribution in [-0.2, 0) is 9.47 Å². The van der Waals surface area contributed by atoms with Crippen LogP contribution in [0.2, 0.25) is 0 Å². The van der Waals surface area contributed by atoms with Crippen molar-refractivity contribution in [3.8, 4) is 11.8 Å². The Labute approximate surface area is 200 Å². The first-order chi connectivity index (χ1) is 15.8. The third-order valence-electron chi connectivity index (χ3n) is 5.08. The molecule has 2 aliphatic rings. The smallest absolute Gasteiger partial charge is 0.107 e. The van der Waals surface area contributed by atoms with Gasteiger partial charge in [0, 0.05) is 58.2 Å². The second-order valence-electron chi connectivity index (χ2n) is 6.77. The predicted octanol–water partition coefficient (Wildman–Crippen LogP) is 6.34. The van der Waals surface area contributed by atoms with Crippen molar-refractivity contribution in [2.24, 2.45) is 5.92 Å². The van der Waals surface area contributed by atoms with Gasteiger partial charge in [-0.2, -0.15) is 0 Å². The first-order valence-electron chi connectivity index (χ1n) is 12.9. The average Bonchev–Trinajstić information content (AvgIpc) is 2.87. The van der Waals surface area contributed by atoms with Gasteiger partial charge in [0.05, 0.1) is 6.10 Å². The maximum atomic E-state index is 5.38. The predicted molar refractivity (Wildman–Crippen MR) is 143 cm³/mol. The highest BCUT2D eigenvalue weighted by atomic mass is 16.5. The lowest BCUT2D eigenvalue weighted by Gasteiger charge is -2.41. The Kier molecular flexibility index (Phi) is 23.1. The minimum atomic E-state index is 0.480. The summed E-state index contributed by atoms with van der Waals surface area (Å²) in [5.41, 5.74) is 2.34. The number of hydrogen-bond donors (Lipinski definition) is 0. The molecule has 0 unspecified atom stereocenters. The standard InChI is InChI=1S/C20H28N2O2.4C2H6/c1-23-12-4-6-17-5-3-7-19(13-17)22-10-8-21(9-11-22)16-18-14-20(15-18)24-2;4*1-2/h3,5,7,13,18,20H,8-12,14-16H2,1-2H3;4*1-2H3. The van der Waals surface area contributed by atoms with Crippen molar-refractivity contribution >= 4 is 5.69 Å². The van der Waals surface area contributed by atoms with Crippen molar-refractivity contribution < 1.29 is 9.47 Å². The summed E-state index contributed by atoms with van der Waals surface area (Å²) in [6.45, 7) is 22.2. The van der Waals surface area contributed by atoms with Gasteiger partial charge in [0.15, 0.2) is 0 Å². The first kappa shape index (κ1) is 32.6. The lowest BCUT2D eigenvalue weighted by Crippen LogP contribution is -2.49. The quantitative estimate of drug-likeness (QED) is 0.491. The molecule has 1 saturated carbocycles. The summed E-state index contributed by atoms with van der Waals surface area (Å²) in [5, 5.41) is 0. The van der Waals surface area contributed by atoms with Crippen LogP contribution >= 0.6 is 0 Å². The van der Waals surface area contributed by atoms with Crippen molar-refractivity contribution in [1.29, 1.82) is 0 Å². The molecule has 4 heteroatoms. The topological polar surface area (TPSA) is 24.9 Å². The van der Waals surface area contributed by atoms with Crippen LogP contribution in [0.25, 0.3) is 0 Å². The van der Waals surface area contributed by atoms with Crippen LogP contribution in [0.4, 0.5) is 5.69 Å². The molecule has 1 saturated heterocycles. The lowest BCUT2D eigenvalue weighted by molar-refractivity contribution is -0.0113. The minimum Gasteiger partial charge on any atom is -0.381 e. The number of rotatable bonds is 5. The molecule has 1 aliphatic heterocycles. The molecule has 0 radical (unpaired) electrons. The normalized spacial score (nSPS) is 18.9. The van der Waals surface area contributed by atoms with Crippen LogP contribution in [-0.4, -0.2) is 64.6 Å². The number of benzene rings is 1. The summed E-state index contributed by atoms with van der Waals surface area (Å²) < 4.78 is 10.4. The fraction of sp³-hybridized carbons (Fsp3) is 0.714. The molecule has 1 aromatic carbocycles. The summed E-state index contributed by atoms with van der Waals surface area (Å²) in [6, 6.07) is 8.53. The van der Waals surface area contributed by atoms with Crippen LogP contribution < -0.4 is 4.90 Å². The summed E-state index contributed by atoms with van der Waals surface area (Å²) >= 11 is 0. The number of piperazine rings is 1. The molecule has 2 fully saturated rings. The molecule has 0 atom stereocenters. The van der Waals surface area contributed by atoms with Gasteiger partial charge < -0.3 is 14.4 Å². The van der Waals surface area contributed by atoms with E-state index >= 15 is 0 Å². The van der Waals surface area contributed by atoms with Gasteiger partial charge in [-0.15, -0.1) is 0 Å². The summed E-state index contributed by atoms with van der Waals surface area (Å²) in [7, 11) is 3.50. The molecule has 0 spiro atoms. The number of anilines is 1. The SMILES string of the molecule is CC.CC.CC.CC.COCC#Cc1cccc(N2CCN(CC3CC(OC)C3)CC2)c1. The van der Waals surface area contributed by atoms with Gasteiger partial charge in [-0.25, -0.2) is 0 Å². The Bertz CT molecular complexity index is 581. The first-order valence-corrected chi connectivity index (χ1v) is 12.9. The van der Waals surface area contributed by atoms with Crippen LogP contribution in [0.5, 0.6) is 0 Å². The molecule has 1 heterocycles. The molecule has 32 heavy (non-hydrogen) atoms. The van der Waals surface area contributed by atoms with Crippen LogP contribution in [0.15, 0.2) is 24.3 Å². The maximum Gasteiger partial charge on any atom is 0.107 e. The maximum absolute atomic E-state index is 5.38. The van der Waals surface area contributed by atoms with E-state index in [1.165, 1.54) is 25.1 Å². The second kappa shape index (κ2) is 22.6. The molecule has 0 bridgehead atoms. The van der Waals surface area contributed by atoms with E-state index in [0.717, 1.165) is 37.7 Å². The molecule has 0 amide bonds. The fourth-order valence-electron chi connectivity index (χ4n) is 3.56. The zero-order valence-corrected chi connectivity index (χ0v) is 22.8. The molecule has 0 aromatic heterocycles. The summed E-state index contributed by atoms with van der Waals surface area (Å²) in [5.74, 6) is 7.02. The van der Waals surface area contributed by atoms with Crippen molar-refractivity contribution in [2.45, 2.75) is 74.3 Å². The van der Waals surface area contributed by atoms with E-state index in [4.69, 9.17) is 9.47 Å². The van der Waals surface area contributed by atoms with Gasteiger partial charge in [0.2, 0.25) is 0 Å². The van der Waals surface area contributed by atoms with Gasteiger partial charge in [-0.1, -0.05) is 73.3 Å². The fourth-order valence-corrected chi connectivity index (χ4v) is 3.56. The largest absolute Gasteiger partial charge is 0.381 e. The molecule has 186 valence electrons. The van der Waals surface area contributed by atoms with E-state index in [-0.39, 0.29) is 0 Å². The highest BCUT2D eigenvalue weighted by Crippen LogP contribution is 2.30. The Morgan fingerprint density at radius 1 is 0.875 bits per heavy atom. The van der Waals surface area contributed by atoms with Gasteiger partial charge in [-0.3, -0.25) is 4.90 Å². The Balaban J connectivity index is 0. The minimum absolute atomic E-state index is 0.480. The monoisotopic (exact) mass is 448 g/mol. The number of nitrogens with zero attached hydrogens (tertiary/aromatic N) is 2. The molecule has 1 aromatic rings. The number of methoxy groups -OCH3 is 2. The van der Waals surface area contributed by atoms with Crippen LogP contribution in [0, 0.1) is 17.8 Å². The van der Waals surface area contributed by atoms with E-state index in [1.54, 1.807) is 7.11 Å². The molecular weight excluding hydrogens is 396 g/mol. The molecule has 3 rings (SSSR count). The van der Waals surface area contributed by atoms with Crippen LogP contribution in [0.1, 0.15) is 73.8 Å². The summed E-state index contributed by atoms with van der Waals surface area (Å²) in [4.78, 5) is 5.08. The Morgan fingerprint density at radius 2 is 1.47 bits per heavy atom. The van der Waals surface area contributed by atoms with E-state index in [9.17, 15) is 0 Å². The third kappa shape index (κ3) is 12.5. The van der Waals surface area contributed by atoms with Gasteiger partial charge in [0.25, 0.3) is 0 Å². The van der Waals surface area contributed by atoms with Crippen molar-refractivity contribution in [1.82, 2.24) is 4.90 Å². The molecule has 1 aliphatic carbocycles. The molecule has 4 nitrogen and oxygen atoms in total. The van der Waals surface area contributed by atoms with E-state index < -0.39 is 0 Å². The van der Waals surface area contributed by atoms with Gasteiger partial charge >= 0.3 is 0 Å². The molecule has 0 N–H and O–H groups in total.